The Hall–Kier alpha value is -0.980. The number of phenols is 1. The van der Waals surface area contributed by atoms with E-state index >= 15 is 0 Å². The van der Waals surface area contributed by atoms with Gasteiger partial charge < -0.3 is 5.11 Å². The van der Waals surface area contributed by atoms with E-state index in [4.69, 9.17) is 0 Å². The highest BCUT2D eigenvalue weighted by Crippen LogP contribution is 2.55. The van der Waals surface area contributed by atoms with Gasteiger partial charge in [-0.3, -0.25) is 0 Å². The second kappa shape index (κ2) is 3.26. The van der Waals surface area contributed by atoms with Crippen molar-refractivity contribution >= 4 is 0 Å². The van der Waals surface area contributed by atoms with E-state index < -0.39 is 0 Å². The van der Waals surface area contributed by atoms with Gasteiger partial charge in [0.2, 0.25) is 0 Å². The number of phenolic OH excluding ortho intramolecular Hbond substituents is 1. The predicted octanol–water partition coefficient (Wildman–Crippen LogP) is 3.84. The minimum atomic E-state index is 0.466. The molecule has 2 bridgehead atoms. The molecule has 0 unspecified atom stereocenters. The molecule has 1 aromatic carbocycles. The summed E-state index contributed by atoms with van der Waals surface area (Å²) in [5, 5.41) is 9.84. The molecule has 0 heterocycles. The molecule has 1 nitrogen and oxygen atoms in total. The molecule has 0 amide bonds. The Morgan fingerprint density at radius 1 is 1.12 bits per heavy atom. The van der Waals surface area contributed by atoms with Gasteiger partial charge in [-0.05, 0) is 74.0 Å². The van der Waals surface area contributed by atoms with Crippen LogP contribution in [0.1, 0.15) is 48.8 Å². The third kappa shape index (κ3) is 1.30. The van der Waals surface area contributed by atoms with Crippen molar-refractivity contribution in [2.75, 3.05) is 0 Å². The maximum Gasteiger partial charge on any atom is 0.121 e. The second-order valence-corrected chi connectivity index (χ2v) is 5.89. The van der Waals surface area contributed by atoms with Crippen LogP contribution in [0.2, 0.25) is 0 Å². The molecule has 2 aliphatic rings. The molecule has 0 spiro atoms. The van der Waals surface area contributed by atoms with Crippen LogP contribution in [0.15, 0.2) is 12.1 Å². The molecule has 2 aliphatic carbocycles. The van der Waals surface area contributed by atoms with E-state index in [1.807, 2.05) is 13.8 Å². The quantitative estimate of drug-likeness (QED) is 0.756. The Balaban J connectivity index is 2.07. The van der Waals surface area contributed by atoms with Crippen LogP contribution in [0, 0.1) is 19.8 Å². The average molecular weight is 216 g/mol. The fraction of sp³-hybridized carbons (Fsp3) is 0.600. The Bertz CT molecular complexity index is 402. The minimum Gasteiger partial charge on any atom is -0.507 e. The molecule has 86 valence electrons. The molecular weight excluding hydrogens is 196 g/mol. The third-order valence-corrected chi connectivity index (χ3v) is 4.85. The summed E-state index contributed by atoms with van der Waals surface area (Å²) >= 11 is 0. The SMILES string of the molecule is Cc1cc(C23CCC(CC2)C3)cc(C)c1O. The molecule has 0 aromatic heterocycles. The highest BCUT2D eigenvalue weighted by atomic mass is 16.3. The van der Waals surface area contributed by atoms with Crippen molar-refractivity contribution in [3.8, 4) is 5.75 Å². The van der Waals surface area contributed by atoms with Crippen molar-refractivity contribution in [1.29, 1.82) is 0 Å². The summed E-state index contributed by atoms with van der Waals surface area (Å²) in [7, 11) is 0. The zero-order valence-electron chi connectivity index (χ0n) is 10.2. The van der Waals surface area contributed by atoms with Crippen LogP contribution < -0.4 is 0 Å². The fourth-order valence-electron chi connectivity index (χ4n) is 3.86. The van der Waals surface area contributed by atoms with Gasteiger partial charge >= 0.3 is 0 Å². The lowest BCUT2D eigenvalue weighted by Crippen LogP contribution is -2.19. The summed E-state index contributed by atoms with van der Waals surface area (Å²) in [6.07, 6.45) is 6.94. The lowest BCUT2D eigenvalue weighted by molar-refractivity contribution is 0.416. The minimum absolute atomic E-state index is 0.466. The fourth-order valence-corrected chi connectivity index (χ4v) is 3.86. The van der Waals surface area contributed by atoms with Gasteiger partial charge in [-0.2, -0.15) is 0 Å². The molecular formula is C15H20O. The van der Waals surface area contributed by atoms with Crippen LogP contribution in [0.25, 0.3) is 0 Å². The molecule has 1 N–H and O–H groups in total. The number of benzene rings is 1. The van der Waals surface area contributed by atoms with E-state index in [0.717, 1.165) is 17.0 Å². The average Bonchev–Trinajstić information content (AvgIpc) is 2.86. The summed E-state index contributed by atoms with van der Waals surface area (Å²) in [5.74, 6) is 1.46. The molecule has 0 radical (unpaired) electrons. The van der Waals surface area contributed by atoms with Gasteiger partial charge in [0, 0.05) is 0 Å². The Morgan fingerprint density at radius 2 is 1.69 bits per heavy atom. The highest BCUT2D eigenvalue weighted by Gasteiger charge is 2.45. The van der Waals surface area contributed by atoms with E-state index in [0.29, 0.717) is 11.2 Å². The molecule has 16 heavy (non-hydrogen) atoms. The van der Waals surface area contributed by atoms with E-state index in [1.165, 1.54) is 37.7 Å². The van der Waals surface area contributed by atoms with Crippen LogP contribution in [0.4, 0.5) is 0 Å². The molecule has 1 aromatic rings. The van der Waals surface area contributed by atoms with Crippen LogP contribution in [-0.4, -0.2) is 5.11 Å². The van der Waals surface area contributed by atoms with Crippen LogP contribution in [0.5, 0.6) is 5.75 Å². The molecule has 3 rings (SSSR count). The van der Waals surface area contributed by atoms with Gasteiger partial charge in [0.1, 0.15) is 5.75 Å². The molecule has 2 saturated carbocycles. The predicted molar refractivity (Wildman–Crippen MR) is 65.8 cm³/mol. The third-order valence-electron chi connectivity index (χ3n) is 4.85. The Labute approximate surface area is 97.5 Å². The number of rotatable bonds is 1. The Kier molecular flexibility index (Phi) is 2.07. The topological polar surface area (TPSA) is 20.2 Å². The first-order chi connectivity index (χ1) is 7.61. The maximum absolute atomic E-state index is 9.84. The lowest BCUT2D eigenvalue weighted by atomic mass is 9.77. The van der Waals surface area contributed by atoms with Gasteiger partial charge in [-0.15, -0.1) is 0 Å². The number of hydrogen-bond donors (Lipinski definition) is 1. The van der Waals surface area contributed by atoms with E-state index in [2.05, 4.69) is 12.1 Å². The molecule has 0 atom stereocenters. The summed E-state index contributed by atoms with van der Waals surface area (Å²) < 4.78 is 0. The zero-order chi connectivity index (χ0) is 11.3. The number of fused-ring (bicyclic) bond motifs is 2. The number of aromatic hydroxyl groups is 1. The van der Waals surface area contributed by atoms with Crippen LogP contribution in [-0.2, 0) is 5.41 Å². The first-order valence-corrected chi connectivity index (χ1v) is 6.41. The standard InChI is InChI=1S/C15H20O/c1-10-7-13(8-11(2)14(10)16)15-5-3-12(9-15)4-6-15/h7-8,12,16H,3-6,9H2,1-2H3. The smallest absolute Gasteiger partial charge is 0.121 e. The molecule has 2 fully saturated rings. The molecule has 0 aliphatic heterocycles. The van der Waals surface area contributed by atoms with E-state index in [1.54, 1.807) is 0 Å². The van der Waals surface area contributed by atoms with Gasteiger partial charge in [-0.25, -0.2) is 0 Å². The largest absolute Gasteiger partial charge is 0.507 e. The van der Waals surface area contributed by atoms with E-state index in [-0.39, 0.29) is 0 Å². The highest BCUT2D eigenvalue weighted by molar-refractivity contribution is 5.45. The summed E-state index contributed by atoms with van der Waals surface area (Å²) in [5.41, 5.74) is 4.04. The monoisotopic (exact) mass is 216 g/mol. The van der Waals surface area contributed by atoms with E-state index in [9.17, 15) is 5.11 Å². The summed E-state index contributed by atoms with van der Waals surface area (Å²) in [6, 6.07) is 4.44. The van der Waals surface area contributed by atoms with Gasteiger partial charge in [0.15, 0.2) is 0 Å². The molecule has 0 saturated heterocycles. The van der Waals surface area contributed by atoms with Crippen molar-refractivity contribution in [1.82, 2.24) is 0 Å². The maximum atomic E-state index is 9.84. The number of aryl methyl sites for hydroxylation is 2. The normalized spacial score (nSPS) is 32.2. The lowest BCUT2D eigenvalue weighted by Gasteiger charge is -2.28. The number of hydrogen-bond acceptors (Lipinski definition) is 1. The zero-order valence-corrected chi connectivity index (χ0v) is 10.2. The van der Waals surface area contributed by atoms with Crippen LogP contribution in [0.3, 0.4) is 0 Å². The second-order valence-electron chi connectivity index (χ2n) is 5.89. The first-order valence-electron chi connectivity index (χ1n) is 6.41. The molecule has 1 heteroatoms. The van der Waals surface area contributed by atoms with Crippen molar-refractivity contribution in [3.05, 3.63) is 28.8 Å². The van der Waals surface area contributed by atoms with Crippen molar-refractivity contribution in [2.45, 2.75) is 51.4 Å². The van der Waals surface area contributed by atoms with Gasteiger partial charge in [0.05, 0.1) is 0 Å². The Morgan fingerprint density at radius 3 is 2.12 bits per heavy atom. The van der Waals surface area contributed by atoms with Crippen molar-refractivity contribution in [3.63, 3.8) is 0 Å². The van der Waals surface area contributed by atoms with Crippen LogP contribution >= 0.6 is 0 Å². The van der Waals surface area contributed by atoms with Crippen molar-refractivity contribution in [2.24, 2.45) is 5.92 Å². The first kappa shape index (κ1) is 10.2. The summed E-state index contributed by atoms with van der Waals surface area (Å²) in [4.78, 5) is 0. The van der Waals surface area contributed by atoms with Crippen molar-refractivity contribution < 1.29 is 5.11 Å². The van der Waals surface area contributed by atoms with Gasteiger partial charge in [-0.1, -0.05) is 12.1 Å². The van der Waals surface area contributed by atoms with Gasteiger partial charge in [0.25, 0.3) is 0 Å². The summed E-state index contributed by atoms with van der Waals surface area (Å²) in [6.45, 7) is 4.04.